The number of unbranched alkanes of at least 4 members (excludes halogenated alkanes) is 2. The van der Waals surface area contributed by atoms with Gasteiger partial charge in [0.25, 0.3) is 11.8 Å². The summed E-state index contributed by atoms with van der Waals surface area (Å²) in [5.74, 6) is -2.00. The van der Waals surface area contributed by atoms with Gasteiger partial charge in [-0.15, -0.1) is 0 Å². The Labute approximate surface area is 315 Å². The Bertz CT molecular complexity index is 1570. The Morgan fingerprint density at radius 2 is 1.47 bits per heavy atom. The molecule has 5 amide bonds. The van der Waals surface area contributed by atoms with Crippen molar-refractivity contribution in [3.63, 3.8) is 0 Å². The van der Waals surface area contributed by atoms with Crippen LogP contribution in [0.1, 0.15) is 137 Å². The van der Waals surface area contributed by atoms with Crippen molar-refractivity contribution in [3.05, 3.63) is 70.8 Å². The third kappa shape index (κ3) is 9.55. The van der Waals surface area contributed by atoms with Gasteiger partial charge in [0.2, 0.25) is 17.7 Å². The van der Waals surface area contributed by atoms with E-state index >= 15 is 0 Å². The van der Waals surface area contributed by atoms with Crippen molar-refractivity contribution in [1.82, 2.24) is 20.4 Å². The minimum atomic E-state index is -1.12. The lowest BCUT2D eigenvalue weighted by Crippen LogP contribution is -2.58. The minimum Gasteiger partial charge on any atom is -0.391 e. The van der Waals surface area contributed by atoms with Crippen molar-refractivity contribution in [2.75, 3.05) is 6.54 Å². The summed E-state index contributed by atoms with van der Waals surface area (Å²) in [4.78, 5) is 72.9. The molecule has 5 rings (SSSR count). The largest absolute Gasteiger partial charge is 0.391 e. The number of carbonyl (C=O) groups excluding carboxylic acids is 5. The molecule has 53 heavy (non-hydrogen) atoms. The van der Waals surface area contributed by atoms with Gasteiger partial charge in [-0.25, -0.2) is 0 Å². The van der Waals surface area contributed by atoms with Crippen molar-refractivity contribution >= 4 is 29.5 Å². The summed E-state index contributed by atoms with van der Waals surface area (Å²) in [6.07, 6.45) is 9.11. The number of benzene rings is 2. The summed E-state index contributed by atoms with van der Waals surface area (Å²) in [6.45, 7) is 8.82. The zero-order valence-corrected chi connectivity index (χ0v) is 32.1. The number of amides is 5. The average Bonchev–Trinajstić information content (AvgIpc) is 3.31. The fourth-order valence-electron chi connectivity index (χ4n) is 8.44. The van der Waals surface area contributed by atoms with Gasteiger partial charge >= 0.3 is 0 Å². The molecule has 1 aliphatic carbocycles. The fourth-order valence-corrected chi connectivity index (χ4v) is 8.44. The maximum Gasteiger partial charge on any atom is 0.262 e. The molecule has 3 N–H and O–H groups in total. The second kappa shape index (κ2) is 18.8. The summed E-state index contributed by atoms with van der Waals surface area (Å²) in [7, 11) is 0. The molecule has 10 nitrogen and oxygen atoms in total. The highest BCUT2D eigenvalue weighted by atomic mass is 16.3. The van der Waals surface area contributed by atoms with Crippen LogP contribution < -0.4 is 10.6 Å². The van der Waals surface area contributed by atoms with Crippen LogP contribution in [0.25, 0.3) is 0 Å². The van der Waals surface area contributed by atoms with Crippen molar-refractivity contribution in [3.8, 4) is 0 Å². The minimum absolute atomic E-state index is 0.0107. The van der Waals surface area contributed by atoms with Crippen LogP contribution in [0.2, 0.25) is 0 Å². The molecule has 1 saturated carbocycles. The Balaban J connectivity index is 1.45. The van der Waals surface area contributed by atoms with E-state index in [-0.39, 0.29) is 48.2 Å². The topological polar surface area (TPSA) is 136 Å². The summed E-state index contributed by atoms with van der Waals surface area (Å²) in [5, 5.41) is 18.2. The monoisotopic (exact) mass is 728 g/mol. The number of imide groups is 1. The summed E-state index contributed by atoms with van der Waals surface area (Å²) in [6, 6.07) is 11.6. The first kappa shape index (κ1) is 40.1. The van der Waals surface area contributed by atoms with Gasteiger partial charge in [0.15, 0.2) is 0 Å². The SMILES string of the molecule is CCCCNC(=O)[C@@H](C[C@H](O)[C@H](CC1CCCCC1)NC(=O)[C@H](CCCC)N1Cc2ccccc2C[C@H](N2C(=O)c3ccccc3C2=O)C1=O)C(C)C. The molecule has 2 aromatic carbocycles. The lowest BCUT2D eigenvalue weighted by molar-refractivity contribution is -0.145. The van der Waals surface area contributed by atoms with Crippen LogP contribution in [0.3, 0.4) is 0 Å². The van der Waals surface area contributed by atoms with Gasteiger partial charge in [-0.2, -0.15) is 0 Å². The summed E-state index contributed by atoms with van der Waals surface area (Å²) in [5.41, 5.74) is 2.25. The Hall–Kier alpha value is -4.05. The number of rotatable bonds is 17. The van der Waals surface area contributed by atoms with Gasteiger partial charge < -0.3 is 20.6 Å². The number of nitrogens with one attached hydrogen (secondary N) is 2. The van der Waals surface area contributed by atoms with E-state index in [1.807, 2.05) is 45.0 Å². The molecule has 2 aromatic rings. The van der Waals surface area contributed by atoms with Crippen LogP contribution in [0, 0.1) is 17.8 Å². The van der Waals surface area contributed by atoms with Crippen LogP contribution in [-0.4, -0.2) is 75.2 Å². The highest BCUT2D eigenvalue weighted by Gasteiger charge is 2.47. The summed E-state index contributed by atoms with van der Waals surface area (Å²) >= 11 is 0. The van der Waals surface area contributed by atoms with E-state index in [1.165, 1.54) is 6.42 Å². The van der Waals surface area contributed by atoms with Gasteiger partial charge in [0.1, 0.15) is 12.1 Å². The van der Waals surface area contributed by atoms with E-state index in [0.29, 0.717) is 31.7 Å². The van der Waals surface area contributed by atoms with E-state index in [1.54, 1.807) is 29.2 Å². The molecule has 0 spiro atoms. The lowest BCUT2D eigenvalue weighted by Gasteiger charge is -2.37. The van der Waals surface area contributed by atoms with Crippen molar-refractivity contribution in [2.24, 2.45) is 17.8 Å². The molecule has 5 atom stereocenters. The fraction of sp³-hybridized carbons (Fsp3) is 0.605. The first-order valence-electron chi connectivity index (χ1n) is 20.2. The van der Waals surface area contributed by atoms with Crippen LogP contribution in [0.15, 0.2) is 48.5 Å². The molecule has 288 valence electrons. The van der Waals surface area contributed by atoms with Gasteiger partial charge in [0, 0.05) is 25.4 Å². The first-order valence-corrected chi connectivity index (χ1v) is 20.2. The second-order valence-electron chi connectivity index (χ2n) is 15.8. The molecule has 1 fully saturated rings. The molecule has 2 heterocycles. The average molecular weight is 729 g/mol. The molecular formula is C43H60N4O6. The Kier molecular flexibility index (Phi) is 14.3. The van der Waals surface area contributed by atoms with Gasteiger partial charge in [-0.05, 0) is 60.8 Å². The third-order valence-electron chi connectivity index (χ3n) is 11.7. The number of aliphatic hydroxyl groups excluding tert-OH is 1. The first-order chi connectivity index (χ1) is 25.5. The second-order valence-corrected chi connectivity index (χ2v) is 15.8. The number of carbonyl (C=O) groups is 5. The molecular weight excluding hydrogens is 668 g/mol. The van der Waals surface area contributed by atoms with Crippen molar-refractivity contribution < 1.29 is 29.1 Å². The predicted octanol–water partition coefficient (Wildman–Crippen LogP) is 6.19. The highest BCUT2D eigenvalue weighted by Crippen LogP contribution is 2.33. The lowest BCUT2D eigenvalue weighted by atomic mass is 9.81. The van der Waals surface area contributed by atoms with Crippen LogP contribution >= 0.6 is 0 Å². The molecule has 0 bridgehead atoms. The predicted molar refractivity (Wildman–Crippen MR) is 205 cm³/mol. The molecule has 10 heteroatoms. The standard InChI is InChI=1S/C43H60N4O6/c1-5-7-22-36(40(50)45-35(24-29-16-10-9-11-17-29)38(48)26-34(28(3)4)39(49)44-23-8-6-2)46-27-31-19-13-12-18-30(31)25-37(43(46)53)47-41(51)32-20-14-15-21-33(32)42(47)52/h12-15,18-21,28-29,34-38,48H,5-11,16-17,22-27H2,1-4H3,(H,44,49)(H,45,50)/t34-,35-,36-,37-,38-/m0/s1. The Morgan fingerprint density at radius 3 is 2.09 bits per heavy atom. The van der Waals surface area contributed by atoms with E-state index in [4.69, 9.17) is 0 Å². The molecule has 3 aliphatic rings. The maximum atomic E-state index is 14.8. The zero-order valence-electron chi connectivity index (χ0n) is 32.1. The molecule has 0 radical (unpaired) electrons. The molecule has 0 aromatic heterocycles. The van der Waals surface area contributed by atoms with Crippen molar-refractivity contribution in [2.45, 2.75) is 142 Å². The van der Waals surface area contributed by atoms with Crippen LogP contribution in [-0.2, 0) is 27.3 Å². The number of fused-ring (bicyclic) bond motifs is 2. The molecule has 2 aliphatic heterocycles. The third-order valence-corrected chi connectivity index (χ3v) is 11.7. The Morgan fingerprint density at radius 1 is 0.849 bits per heavy atom. The molecule has 0 saturated heterocycles. The normalized spacial score (nSPS) is 20.0. The van der Waals surface area contributed by atoms with Gasteiger partial charge in [-0.3, -0.25) is 28.9 Å². The number of nitrogens with zero attached hydrogens (tertiary/aromatic N) is 2. The number of aliphatic hydroxyl groups is 1. The number of hydrogen-bond donors (Lipinski definition) is 3. The van der Waals surface area contributed by atoms with Crippen molar-refractivity contribution in [1.29, 1.82) is 0 Å². The van der Waals surface area contributed by atoms with E-state index < -0.39 is 47.9 Å². The van der Waals surface area contributed by atoms with Crippen LogP contribution in [0.4, 0.5) is 0 Å². The van der Waals surface area contributed by atoms with Gasteiger partial charge in [-0.1, -0.05) is 115 Å². The maximum absolute atomic E-state index is 14.8. The zero-order chi connectivity index (χ0) is 38.1. The van der Waals surface area contributed by atoms with Crippen LogP contribution in [0.5, 0.6) is 0 Å². The number of hydrogen-bond acceptors (Lipinski definition) is 6. The highest BCUT2D eigenvalue weighted by molar-refractivity contribution is 6.23. The smallest absolute Gasteiger partial charge is 0.262 e. The van der Waals surface area contributed by atoms with E-state index in [9.17, 15) is 29.1 Å². The van der Waals surface area contributed by atoms with E-state index in [2.05, 4.69) is 17.6 Å². The van der Waals surface area contributed by atoms with E-state index in [0.717, 1.165) is 61.0 Å². The summed E-state index contributed by atoms with van der Waals surface area (Å²) < 4.78 is 0. The molecule has 0 unspecified atom stereocenters. The van der Waals surface area contributed by atoms with Gasteiger partial charge in [0.05, 0.1) is 23.3 Å². The quantitative estimate of drug-likeness (QED) is 0.131.